The van der Waals surface area contributed by atoms with Crippen LogP contribution in [0.4, 0.5) is 0 Å². The number of amides is 2. The normalized spacial score (nSPS) is 18.4. The van der Waals surface area contributed by atoms with Gasteiger partial charge in [0.2, 0.25) is 0 Å². The van der Waals surface area contributed by atoms with E-state index in [1.54, 1.807) is 0 Å². The maximum Gasteiger partial charge on any atom is 0.397 e. The third-order valence-electron chi connectivity index (χ3n) is 3.88. The Morgan fingerprint density at radius 2 is 1.46 bits per heavy atom. The fraction of sp³-hybridized carbons (Fsp3) is 0.500. The van der Waals surface area contributed by atoms with E-state index in [2.05, 4.69) is 0 Å². The summed E-state index contributed by atoms with van der Waals surface area (Å²) in [7, 11) is 0. The van der Waals surface area contributed by atoms with Crippen LogP contribution >= 0.6 is 0 Å². The summed E-state index contributed by atoms with van der Waals surface area (Å²) in [5.74, 6) is -6.76. The monoisotopic (exact) mass is 344 g/mol. The number of quaternary nitrogens is 1. The molecule has 1 aliphatic heterocycles. The molecule has 0 radical (unpaired) electrons. The Bertz CT molecular complexity index is 591. The van der Waals surface area contributed by atoms with E-state index in [0.717, 1.165) is 12.2 Å². The molecule has 1 heterocycles. The van der Waals surface area contributed by atoms with E-state index in [1.807, 2.05) is 0 Å². The van der Waals surface area contributed by atoms with Crippen molar-refractivity contribution < 1.29 is 48.9 Å². The van der Waals surface area contributed by atoms with Gasteiger partial charge in [0.05, 0.1) is 18.7 Å². The summed E-state index contributed by atoms with van der Waals surface area (Å²) in [6, 6.07) is 0. The van der Waals surface area contributed by atoms with Crippen LogP contribution in [0, 0.1) is 0 Å². The Balaban J connectivity index is 3.09. The molecule has 0 aromatic rings. The van der Waals surface area contributed by atoms with E-state index in [9.17, 15) is 34.2 Å². The fourth-order valence-corrected chi connectivity index (χ4v) is 2.66. The second-order valence-electron chi connectivity index (χ2n) is 5.44. The average Bonchev–Trinajstić information content (AvgIpc) is 2.74. The molecular weight excluding hydrogens is 326 g/mol. The summed E-state index contributed by atoms with van der Waals surface area (Å²) in [5, 5.41) is 37.1. The van der Waals surface area contributed by atoms with Crippen molar-refractivity contribution in [2.24, 2.45) is 0 Å². The highest BCUT2D eigenvalue weighted by atomic mass is 16.4. The number of hydrogen-bond donors (Lipinski definition) is 4. The molecule has 1 aliphatic rings. The van der Waals surface area contributed by atoms with Crippen LogP contribution in [0.1, 0.15) is 32.1 Å². The number of unbranched alkanes of at least 4 members (excludes halogenated alkanes) is 2. The van der Waals surface area contributed by atoms with E-state index in [0.29, 0.717) is 0 Å². The van der Waals surface area contributed by atoms with Gasteiger partial charge in [-0.25, -0.2) is 14.4 Å². The number of hydrogen-bond acceptors (Lipinski definition) is 6. The van der Waals surface area contributed by atoms with Crippen LogP contribution in [-0.4, -0.2) is 66.9 Å². The van der Waals surface area contributed by atoms with E-state index in [1.165, 1.54) is 0 Å². The topological polar surface area (TPSA) is 166 Å². The predicted octanol–water partition coefficient (Wildman–Crippen LogP) is -0.681. The van der Waals surface area contributed by atoms with Gasteiger partial charge in [0, 0.05) is 6.42 Å². The molecule has 0 aromatic carbocycles. The number of nitrogens with zero attached hydrogens (tertiary/aromatic N) is 1. The molecule has 0 bridgehead atoms. The molecule has 10 nitrogen and oxygen atoms in total. The molecule has 0 spiro atoms. The molecule has 132 valence electrons. The number of carbonyl (C=O) groups is 5. The van der Waals surface area contributed by atoms with E-state index >= 15 is 0 Å². The lowest BCUT2D eigenvalue weighted by Gasteiger charge is -2.39. The van der Waals surface area contributed by atoms with Gasteiger partial charge in [-0.3, -0.25) is 9.59 Å². The van der Waals surface area contributed by atoms with Gasteiger partial charge < -0.3 is 20.4 Å². The van der Waals surface area contributed by atoms with Crippen LogP contribution in [0.2, 0.25) is 0 Å². The molecule has 24 heavy (non-hydrogen) atoms. The van der Waals surface area contributed by atoms with Gasteiger partial charge in [0.15, 0.2) is 0 Å². The van der Waals surface area contributed by atoms with Crippen LogP contribution in [0.25, 0.3) is 0 Å². The SMILES string of the molecule is O=C(O)CCCCC[N+]1(C(O)(CC(=O)O)C(=O)O)C(=O)C=CC1=O. The first-order valence-corrected chi connectivity index (χ1v) is 7.12. The second-order valence-corrected chi connectivity index (χ2v) is 5.44. The molecule has 4 N–H and O–H groups in total. The van der Waals surface area contributed by atoms with Crippen LogP contribution in [0.15, 0.2) is 12.2 Å². The minimum atomic E-state index is -3.14. The zero-order valence-corrected chi connectivity index (χ0v) is 12.7. The highest BCUT2D eigenvalue weighted by Gasteiger charge is 2.66. The molecule has 1 unspecified atom stereocenters. The van der Waals surface area contributed by atoms with Gasteiger partial charge in [-0.05, 0) is 19.3 Å². The molecule has 0 fully saturated rings. The summed E-state index contributed by atoms with van der Waals surface area (Å²) in [4.78, 5) is 57.2. The number of rotatable bonds is 10. The van der Waals surface area contributed by atoms with Gasteiger partial charge >= 0.3 is 35.4 Å². The Hall–Kier alpha value is -2.59. The largest absolute Gasteiger partial charge is 0.481 e. The van der Waals surface area contributed by atoms with Gasteiger partial charge in [0.25, 0.3) is 0 Å². The Morgan fingerprint density at radius 1 is 0.917 bits per heavy atom. The van der Waals surface area contributed by atoms with Crippen molar-refractivity contribution in [3.05, 3.63) is 12.2 Å². The van der Waals surface area contributed by atoms with Crippen LogP contribution in [0.5, 0.6) is 0 Å². The lowest BCUT2D eigenvalue weighted by Crippen LogP contribution is -2.72. The summed E-state index contributed by atoms with van der Waals surface area (Å²) in [6.45, 7) is -0.444. The van der Waals surface area contributed by atoms with E-state index in [4.69, 9.17) is 10.2 Å². The van der Waals surface area contributed by atoms with E-state index in [-0.39, 0.29) is 25.7 Å². The standard InChI is InChI=1S/C14H17NO9/c16-9-5-6-10(17)15(9,7-3-1-2-4-11(18)19)14(24,13(22)23)8-12(20)21/h5-6,24H,1-4,7-8H2,(H2-,18,19,20,21,22,23)/p+1. The third-order valence-corrected chi connectivity index (χ3v) is 3.88. The number of aliphatic carboxylic acids is 3. The molecule has 10 heteroatoms. The molecule has 0 saturated heterocycles. The van der Waals surface area contributed by atoms with Crippen molar-refractivity contribution in [1.82, 2.24) is 0 Å². The van der Waals surface area contributed by atoms with Crippen molar-refractivity contribution >= 4 is 29.7 Å². The number of carboxylic acid groups (broad SMARTS) is 3. The first kappa shape index (κ1) is 19.5. The molecule has 0 aliphatic carbocycles. The summed E-state index contributed by atoms with van der Waals surface area (Å²) < 4.78 is -1.57. The molecule has 0 aromatic heterocycles. The summed E-state index contributed by atoms with van der Waals surface area (Å²) >= 11 is 0. The minimum absolute atomic E-state index is 0.0572. The van der Waals surface area contributed by atoms with Crippen molar-refractivity contribution in [1.29, 1.82) is 0 Å². The quantitative estimate of drug-likeness (QED) is 0.228. The third kappa shape index (κ3) is 3.49. The highest BCUT2D eigenvalue weighted by Crippen LogP contribution is 2.33. The Labute approximate surface area is 136 Å². The second kappa shape index (κ2) is 7.32. The Morgan fingerprint density at radius 3 is 1.88 bits per heavy atom. The van der Waals surface area contributed by atoms with Crippen LogP contribution in [0.3, 0.4) is 0 Å². The van der Waals surface area contributed by atoms with E-state index < -0.39 is 52.9 Å². The first-order valence-electron chi connectivity index (χ1n) is 7.12. The zero-order chi connectivity index (χ0) is 18.5. The number of aliphatic hydroxyl groups is 1. The summed E-state index contributed by atoms with van der Waals surface area (Å²) in [6.07, 6.45) is 0.673. The minimum Gasteiger partial charge on any atom is -0.481 e. The zero-order valence-electron chi connectivity index (χ0n) is 12.7. The number of imide groups is 1. The van der Waals surface area contributed by atoms with Crippen molar-refractivity contribution in [2.75, 3.05) is 6.54 Å². The Kier molecular flexibility index (Phi) is 5.93. The molecule has 2 amide bonds. The molecule has 1 rings (SSSR count). The first-order chi connectivity index (χ1) is 11.1. The molecule has 1 atom stereocenters. The van der Waals surface area contributed by atoms with Gasteiger partial charge in [-0.15, -0.1) is 0 Å². The van der Waals surface area contributed by atoms with Gasteiger partial charge in [0.1, 0.15) is 6.42 Å². The lowest BCUT2D eigenvalue weighted by atomic mass is 10.0. The van der Waals surface area contributed by atoms with Crippen molar-refractivity contribution in [3.8, 4) is 0 Å². The summed E-state index contributed by atoms with van der Waals surface area (Å²) in [5.41, 5.74) is -3.14. The van der Waals surface area contributed by atoms with Gasteiger partial charge in [-0.2, -0.15) is 4.48 Å². The number of carbonyl (C=O) groups excluding carboxylic acids is 2. The van der Waals surface area contributed by atoms with Gasteiger partial charge in [-0.1, -0.05) is 0 Å². The van der Waals surface area contributed by atoms with Crippen molar-refractivity contribution in [3.63, 3.8) is 0 Å². The molecule has 0 saturated carbocycles. The highest BCUT2D eigenvalue weighted by molar-refractivity contribution is 6.06. The lowest BCUT2D eigenvalue weighted by molar-refractivity contribution is -0.847. The van der Waals surface area contributed by atoms with Crippen molar-refractivity contribution in [2.45, 2.75) is 37.8 Å². The smallest absolute Gasteiger partial charge is 0.397 e. The fourth-order valence-electron chi connectivity index (χ4n) is 2.66. The maximum atomic E-state index is 12.2. The number of carboxylic acids is 3. The predicted molar refractivity (Wildman–Crippen MR) is 75.2 cm³/mol. The average molecular weight is 344 g/mol. The van der Waals surface area contributed by atoms with Crippen LogP contribution in [-0.2, 0) is 24.0 Å². The van der Waals surface area contributed by atoms with Crippen LogP contribution < -0.4 is 0 Å². The maximum absolute atomic E-state index is 12.2. The molecular formula is C14H18NO9+.